The van der Waals surface area contributed by atoms with Gasteiger partial charge in [0.1, 0.15) is 5.92 Å². The second-order valence-electron chi connectivity index (χ2n) is 6.57. The summed E-state index contributed by atoms with van der Waals surface area (Å²) in [6, 6.07) is 15.3. The highest BCUT2D eigenvalue weighted by atomic mass is 127. The Morgan fingerprint density at radius 1 is 1.12 bits per heavy atom. The minimum atomic E-state index is -0.669. The van der Waals surface area contributed by atoms with Crippen LogP contribution < -0.4 is 0 Å². The van der Waals surface area contributed by atoms with Gasteiger partial charge in [0.15, 0.2) is 6.23 Å². The van der Waals surface area contributed by atoms with Crippen molar-refractivity contribution in [2.45, 2.75) is 29.0 Å². The zero-order chi connectivity index (χ0) is 18.4. The van der Waals surface area contributed by atoms with Gasteiger partial charge in [-0.25, -0.2) is 4.79 Å². The number of hydrogen-bond donors (Lipinski definition) is 0. The van der Waals surface area contributed by atoms with Gasteiger partial charge < -0.3 is 9.47 Å². The molecule has 0 saturated carbocycles. The van der Waals surface area contributed by atoms with E-state index in [4.69, 9.17) is 9.47 Å². The average molecular weight is 463 g/mol. The molecule has 2 aromatic carbocycles. The van der Waals surface area contributed by atoms with Gasteiger partial charge in [0.2, 0.25) is 0 Å². The van der Waals surface area contributed by atoms with Crippen molar-refractivity contribution in [2.75, 3.05) is 7.11 Å². The quantitative estimate of drug-likeness (QED) is 0.361. The van der Waals surface area contributed by atoms with Crippen LogP contribution in [0.15, 0.2) is 48.5 Å². The molecule has 0 spiro atoms. The molecule has 2 bridgehead atoms. The van der Waals surface area contributed by atoms with E-state index in [1.54, 1.807) is 4.90 Å². The molecular formula is C20H18INO4. The second kappa shape index (κ2) is 6.57. The molecule has 26 heavy (non-hydrogen) atoms. The summed E-state index contributed by atoms with van der Waals surface area (Å²) in [6.45, 7) is 2.00. The molecule has 0 N–H and O–H groups in total. The van der Waals surface area contributed by atoms with E-state index >= 15 is 0 Å². The predicted molar refractivity (Wildman–Crippen MR) is 104 cm³/mol. The van der Waals surface area contributed by atoms with Gasteiger partial charge in [-0.3, -0.25) is 9.69 Å². The number of alkyl halides is 1. The van der Waals surface area contributed by atoms with Crippen molar-refractivity contribution < 1.29 is 19.1 Å². The van der Waals surface area contributed by atoms with Crippen LogP contribution >= 0.6 is 22.6 Å². The molecule has 2 aliphatic rings. The number of ether oxygens (including phenoxy) is 2. The molecule has 6 heteroatoms. The van der Waals surface area contributed by atoms with Crippen LogP contribution in [0.3, 0.4) is 0 Å². The second-order valence-corrected chi connectivity index (χ2v) is 7.91. The van der Waals surface area contributed by atoms with Crippen molar-refractivity contribution in [3.63, 3.8) is 0 Å². The first-order valence-electron chi connectivity index (χ1n) is 8.39. The summed E-state index contributed by atoms with van der Waals surface area (Å²) < 4.78 is 10.6. The molecule has 1 saturated heterocycles. The lowest BCUT2D eigenvalue weighted by molar-refractivity contribution is -0.178. The molecule has 0 aliphatic carbocycles. The van der Waals surface area contributed by atoms with Crippen LogP contribution in [0, 0.1) is 6.92 Å². The third-order valence-corrected chi connectivity index (χ3v) is 6.35. The highest BCUT2D eigenvalue weighted by Crippen LogP contribution is 2.52. The SMILES string of the molecule is COC(=O)N1[C@@H]2OC(=O)[C@H](c3ccc(C)cc3)[C@H]1c1ccccc1[C@@H]2I. The van der Waals surface area contributed by atoms with E-state index in [0.29, 0.717) is 0 Å². The van der Waals surface area contributed by atoms with Crippen LogP contribution in [-0.4, -0.2) is 30.3 Å². The highest BCUT2D eigenvalue weighted by Gasteiger charge is 2.54. The molecule has 2 aliphatic heterocycles. The monoisotopic (exact) mass is 463 g/mol. The maximum Gasteiger partial charge on any atom is 0.412 e. The van der Waals surface area contributed by atoms with Gasteiger partial charge in [-0.1, -0.05) is 76.7 Å². The molecule has 4 atom stereocenters. The number of aryl methyl sites for hydroxylation is 1. The molecule has 2 heterocycles. The van der Waals surface area contributed by atoms with Crippen molar-refractivity contribution in [3.8, 4) is 0 Å². The third kappa shape index (κ3) is 2.58. The van der Waals surface area contributed by atoms with Crippen molar-refractivity contribution in [3.05, 3.63) is 70.8 Å². The summed E-state index contributed by atoms with van der Waals surface area (Å²) in [5, 5.41) is 0. The van der Waals surface area contributed by atoms with E-state index < -0.39 is 24.3 Å². The summed E-state index contributed by atoms with van der Waals surface area (Å²) in [4.78, 5) is 27.1. The number of nitrogens with zero attached hydrogens (tertiary/aromatic N) is 1. The minimum absolute atomic E-state index is 0.151. The minimum Gasteiger partial charge on any atom is -0.453 e. The molecule has 5 nitrogen and oxygen atoms in total. The number of halogens is 1. The first-order chi connectivity index (χ1) is 12.5. The molecular weight excluding hydrogens is 445 g/mol. The Bertz CT molecular complexity index is 866. The van der Waals surface area contributed by atoms with Gasteiger partial charge in [0.25, 0.3) is 0 Å². The zero-order valence-electron chi connectivity index (χ0n) is 14.4. The standard InChI is InChI=1S/C20H18INO4/c1-11-7-9-12(10-8-11)15-17-14-6-4-3-5-13(14)16(21)18(26-19(15)23)22(17)20(24)25-2/h3-10,15-18H,1-2H3/t15-,16+,17-,18-/m1/s1. The van der Waals surface area contributed by atoms with Crippen LogP contribution in [0.1, 0.15) is 38.1 Å². The average Bonchev–Trinajstić information content (AvgIpc) is 2.66. The Morgan fingerprint density at radius 3 is 2.42 bits per heavy atom. The van der Waals surface area contributed by atoms with E-state index in [2.05, 4.69) is 22.6 Å². The molecule has 2 aromatic rings. The van der Waals surface area contributed by atoms with E-state index in [1.807, 2.05) is 55.5 Å². The van der Waals surface area contributed by atoms with Gasteiger partial charge in [-0.05, 0) is 23.6 Å². The molecule has 0 radical (unpaired) electrons. The van der Waals surface area contributed by atoms with Crippen LogP contribution in [0.5, 0.6) is 0 Å². The Kier molecular flexibility index (Phi) is 4.38. The lowest BCUT2D eigenvalue weighted by Crippen LogP contribution is -2.57. The van der Waals surface area contributed by atoms with Crippen molar-refractivity contribution in [2.24, 2.45) is 0 Å². The molecule has 0 unspecified atom stereocenters. The lowest BCUT2D eigenvalue weighted by Gasteiger charge is -2.50. The molecule has 1 amide bonds. The molecule has 0 aromatic heterocycles. The Morgan fingerprint density at radius 2 is 1.77 bits per heavy atom. The number of hydrogen-bond acceptors (Lipinski definition) is 4. The fourth-order valence-corrected chi connectivity index (χ4v) is 4.89. The predicted octanol–water partition coefficient (Wildman–Crippen LogP) is 4.26. The van der Waals surface area contributed by atoms with Crippen LogP contribution in [0.4, 0.5) is 4.79 Å². The summed E-state index contributed by atoms with van der Waals surface area (Å²) in [6.07, 6.45) is -1.15. The smallest absolute Gasteiger partial charge is 0.412 e. The van der Waals surface area contributed by atoms with E-state index in [1.165, 1.54) is 7.11 Å². The van der Waals surface area contributed by atoms with Crippen molar-refractivity contribution >= 4 is 34.7 Å². The Labute approximate surface area is 165 Å². The van der Waals surface area contributed by atoms with E-state index in [-0.39, 0.29) is 9.89 Å². The number of carbonyl (C=O) groups excluding carboxylic acids is 2. The number of amides is 1. The maximum absolute atomic E-state index is 12.9. The van der Waals surface area contributed by atoms with Gasteiger partial charge in [-0.2, -0.15) is 0 Å². The van der Waals surface area contributed by atoms with Gasteiger partial charge >= 0.3 is 12.1 Å². The van der Waals surface area contributed by atoms with Crippen molar-refractivity contribution in [1.82, 2.24) is 4.90 Å². The fourth-order valence-electron chi connectivity index (χ4n) is 3.83. The van der Waals surface area contributed by atoms with Gasteiger partial charge in [0.05, 0.1) is 17.1 Å². The number of methoxy groups -OCH3 is 1. The number of benzene rings is 2. The molecule has 4 rings (SSSR count). The normalized spacial score (nSPS) is 26.7. The summed E-state index contributed by atoms with van der Waals surface area (Å²) in [5.41, 5.74) is 4.00. The van der Waals surface area contributed by atoms with E-state index in [0.717, 1.165) is 22.3 Å². The number of carbonyl (C=O) groups is 2. The Hall–Kier alpha value is -2.09. The van der Waals surface area contributed by atoms with Crippen LogP contribution in [0.2, 0.25) is 0 Å². The van der Waals surface area contributed by atoms with Gasteiger partial charge in [0, 0.05) is 0 Å². The highest BCUT2D eigenvalue weighted by molar-refractivity contribution is 14.1. The summed E-state index contributed by atoms with van der Waals surface area (Å²) in [7, 11) is 1.35. The van der Waals surface area contributed by atoms with Crippen LogP contribution in [0.25, 0.3) is 0 Å². The zero-order valence-corrected chi connectivity index (χ0v) is 16.5. The molecule has 1 fully saturated rings. The Balaban J connectivity index is 1.91. The van der Waals surface area contributed by atoms with Crippen molar-refractivity contribution in [1.29, 1.82) is 0 Å². The lowest BCUT2D eigenvalue weighted by atomic mass is 9.79. The molecule has 134 valence electrons. The topological polar surface area (TPSA) is 55.8 Å². The fraction of sp³-hybridized carbons (Fsp3) is 0.300. The largest absolute Gasteiger partial charge is 0.453 e. The number of rotatable bonds is 1. The number of esters is 1. The first-order valence-corrected chi connectivity index (χ1v) is 9.63. The third-order valence-electron chi connectivity index (χ3n) is 5.06. The summed E-state index contributed by atoms with van der Waals surface area (Å²) >= 11 is 2.23. The van der Waals surface area contributed by atoms with Crippen LogP contribution in [-0.2, 0) is 14.3 Å². The maximum atomic E-state index is 12.9. The van der Waals surface area contributed by atoms with Gasteiger partial charge in [-0.15, -0.1) is 0 Å². The van der Waals surface area contributed by atoms with E-state index in [9.17, 15) is 9.59 Å². The summed E-state index contributed by atoms with van der Waals surface area (Å²) in [5.74, 6) is -0.892. The number of fused-ring (bicyclic) bond motifs is 4. The first kappa shape index (κ1) is 17.3.